The molecule has 0 fully saturated rings. The first kappa shape index (κ1) is 18.3. The van der Waals surface area contributed by atoms with Crippen LogP contribution in [-0.2, 0) is 4.79 Å². The number of rotatable bonds is 4. The van der Waals surface area contributed by atoms with Gasteiger partial charge in [-0.2, -0.15) is 0 Å². The summed E-state index contributed by atoms with van der Waals surface area (Å²) in [6.07, 6.45) is 0. The molecule has 0 radical (unpaired) electrons. The van der Waals surface area contributed by atoms with Gasteiger partial charge in [-0.15, -0.1) is 0 Å². The first-order chi connectivity index (χ1) is 11.8. The number of nitrogens with one attached hydrogen (secondary N) is 1. The fourth-order valence-corrected chi connectivity index (χ4v) is 2.10. The molecule has 3 amide bonds. The number of carbonyl (C=O) groups is 3. The van der Waals surface area contributed by atoms with Crippen LogP contribution >= 0.6 is 11.6 Å². The number of nitrogens with zero attached hydrogens (tertiary/aromatic N) is 1. The number of benzene rings is 2. The number of aliphatic carboxylic acids is 1. The lowest BCUT2D eigenvalue weighted by Gasteiger charge is -2.21. The average Bonchev–Trinajstić information content (AvgIpc) is 2.53. The Morgan fingerprint density at radius 3 is 2.12 bits per heavy atom. The van der Waals surface area contributed by atoms with Gasteiger partial charge in [0.1, 0.15) is 23.7 Å². The van der Waals surface area contributed by atoms with E-state index in [-0.39, 0.29) is 5.69 Å². The van der Waals surface area contributed by atoms with Gasteiger partial charge in [-0.3, -0.25) is 19.8 Å². The third kappa shape index (κ3) is 4.51. The maximum atomic E-state index is 13.6. The maximum Gasteiger partial charge on any atom is 0.329 e. The maximum absolute atomic E-state index is 13.6. The minimum absolute atomic E-state index is 0.131. The second-order valence-electron chi connectivity index (χ2n) is 4.81. The zero-order valence-corrected chi connectivity index (χ0v) is 13.3. The summed E-state index contributed by atoms with van der Waals surface area (Å²) in [5.41, 5.74) is -0.812. The number of imide groups is 1. The van der Waals surface area contributed by atoms with Crippen molar-refractivity contribution in [2.45, 2.75) is 0 Å². The predicted octanol–water partition coefficient (Wildman–Crippen LogP) is 3.06. The van der Waals surface area contributed by atoms with Crippen LogP contribution in [0.4, 0.5) is 19.3 Å². The van der Waals surface area contributed by atoms with Crippen LogP contribution in [0.2, 0.25) is 5.02 Å². The number of anilines is 1. The van der Waals surface area contributed by atoms with Crippen molar-refractivity contribution in [1.82, 2.24) is 5.32 Å². The van der Waals surface area contributed by atoms with Gasteiger partial charge in [0, 0.05) is 10.7 Å². The summed E-state index contributed by atoms with van der Waals surface area (Å²) in [4.78, 5) is 35.9. The molecule has 0 aromatic heterocycles. The van der Waals surface area contributed by atoms with E-state index in [1.165, 1.54) is 24.3 Å². The highest BCUT2D eigenvalue weighted by Gasteiger charge is 2.24. The molecule has 0 saturated heterocycles. The smallest absolute Gasteiger partial charge is 0.329 e. The Labute approximate surface area is 145 Å². The molecule has 130 valence electrons. The van der Waals surface area contributed by atoms with Crippen molar-refractivity contribution in [3.05, 3.63) is 64.7 Å². The van der Waals surface area contributed by atoms with Gasteiger partial charge >= 0.3 is 12.0 Å². The third-order valence-electron chi connectivity index (χ3n) is 3.09. The zero-order valence-electron chi connectivity index (χ0n) is 12.5. The van der Waals surface area contributed by atoms with Gasteiger partial charge in [-0.1, -0.05) is 17.7 Å². The first-order valence-corrected chi connectivity index (χ1v) is 7.21. The lowest BCUT2D eigenvalue weighted by molar-refractivity contribution is -0.135. The van der Waals surface area contributed by atoms with Gasteiger partial charge in [0.2, 0.25) is 0 Å². The molecule has 2 aromatic carbocycles. The molecule has 0 unspecified atom stereocenters. The Morgan fingerprint density at radius 2 is 1.60 bits per heavy atom. The number of amides is 3. The van der Waals surface area contributed by atoms with Crippen molar-refractivity contribution < 1.29 is 28.3 Å². The fourth-order valence-electron chi connectivity index (χ4n) is 1.98. The summed E-state index contributed by atoms with van der Waals surface area (Å²) in [6, 6.07) is 7.17. The lowest BCUT2D eigenvalue weighted by Crippen LogP contribution is -2.45. The van der Waals surface area contributed by atoms with Gasteiger partial charge in [0.25, 0.3) is 5.91 Å². The molecule has 6 nitrogen and oxygen atoms in total. The highest BCUT2D eigenvalue weighted by Crippen LogP contribution is 2.18. The molecule has 25 heavy (non-hydrogen) atoms. The molecule has 2 rings (SSSR count). The van der Waals surface area contributed by atoms with Gasteiger partial charge < -0.3 is 5.11 Å². The molecule has 0 saturated carbocycles. The summed E-state index contributed by atoms with van der Waals surface area (Å²) >= 11 is 5.73. The number of hydrogen-bond acceptors (Lipinski definition) is 3. The molecule has 2 N–H and O–H groups in total. The van der Waals surface area contributed by atoms with Crippen molar-refractivity contribution >= 4 is 35.2 Å². The monoisotopic (exact) mass is 368 g/mol. The highest BCUT2D eigenvalue weighted by atomic mass is 35.5. The summed E-state index contributed by atoms with van der Waals surface area (Å²) in [5.74, 6) is -4.98. The lowest BCUT2D eigenvalue weighted by atomic mass is 10.2. The Morgan fingerprint density at radius 1 is 1.04 bits per heavy atom. The van der Waals surface area contributed by atoms with Crippen LogP contribution in [0.1, 0.15) is 10.4 Å². The molecule has 0 aliphatic heterocycles. The largest absolute Gasteiger partial charge is 0.480 e. The Hall–Kier alpha value is -3.00. The van der Waals surface area contributed by atoms with E-state index < -0.39 is 41.7 Å². The van der Waals surface area contributed by atoms with Crippen LogP contribution in [0.5, 0.6) is 0 Å². The molecular weight excluding hydrogens is 358 g/mol. The first-order valence-electron chi connectivity index (χ1n) is 6.84. The standard InChI is InChI=1S/C16H11ClF2N2O4/c17-9-4-6-10(7-5-9)21(8-13(22)23)16(25)20-15(24)14-11(18)2-1-3-12(14)19/h1-7H,8H2,(H,22,23)(H,20,24,25). The van der Waals surface area contributed by atoms with E-state index in [1.807, 2.05) is 0 Å². The predicted molar refractivity (Wildman–Crippen MR) is 85.7 cm³/mol. The number of hydrogen-bond donors (Lipinski definition) is 2. The zero-order chi connectivity index (χ0) is 18.6. The molecule has 0 spiro atoms. The van der Waals surface area contributed by atoms with Gasteiger partial charge in [0.05, 0.1) is 0 Å². The minimum Gasteiger partial charge on any atom is -0.480 e. The van der Waals surface area contributed by atoms with Crippen LogP contribution < -0.4 is 10.2 Å². The topological polar surface area (TPSA) is 86.7 Å². The molecule has 0 atom stereocenters. The van der Waals surface area contributed by atoms with Crippen LogP contribution in [0.15, 0.2) is 42.5 Å². The summed E-state index contributed by atoms with van der Waals surface area (Å²) in [6.45, 7) is -0.777. The molecule has 0 heterocycles. The molecule has 9 heteroatoms. The van der Waals surface area contributed by atoms with E-state index in [0.717, 1.165) is 23.1 Å². The van der Waals surface area contributed by atoms with E-state index in [0.29, 0.717) is 5.02 Å². The molecule has 0 bridgehead atoms. The molecular formula is C16H11ClF2N2O4. The van der Waals surface area contributed by atoms with Crippen LogP contribution in [0.25, 0.3) is 0 Å². The van der Waals surface area contributed by atoms with Gasteiger partial charge in [-0.05, 0) is 36.4 Å². The second-order valence-corrected chi connectivity index (χ2v) is 5.25. The fraction of sp³-hybridized carbons (Fsp3) is 0.0625. The van der Waals surface area contributed by atoms with Crippen molar-refractivity contribution in [3.8, 4) is 0 Å². The number of carboxylic acids is 1. The van der Waals surface area contributed by atoms with E-state index in [2.05, 4.69) is 0 Å². The Bertz CT molecular complexity index is 807. The normalized spacial score (nSPS) is 10.2. The Balaban J connectivity index is 2.26. The van der Waals surface area contributed by atoms with E-state index in [9.17, 15) is 23.2 Å². The quantitative estimate of drug-likeness (QED) is 0.868. The number of carbonyl (C=O) groups excluding carboxylic acids is 2. The van der Waals surface area contributed by atoms with Crippen molar-refractivity contribution in [1.29, 1.82) is 0 Å². The highest BCUT2D eigenvalue weighted by molar-refractivity contribution is 6.30. The van der Waals surface area contributed by atoms with E-state index >= 15 is 0 Å². The van der Waals surface area contributed by atoms with Gasteiger partial charge in [0.15, 0.2) is 0 Å². The summed E-state index contributed by atoms with van der Waals surface area (Å²) in [7, 11) is 0. The molecule has 0 aliphatic carbocycles. The number of urea groups is 1. The summed E-state index contributed by atoms with van der Waals surface area (Å²) < 4.78 is 27.2. The third-order valence-corrected chi connectivity index (χ3v) is 3.34. The molecule has 2 aromatic rings. The summed E-state index contributed by atoms with van der Waals surface area (Å²) in [5, 5.41) is 11.1. The van der Waals surface area contributed by atoms with Crippen molar-refractivity contribution in [2.75, 3.05) is 11.4 Å². The number of halogens is 3. The Kier molecular flexibility index (Phi) is 5.66. The van der Waals surface area contributed by atoms with Crippen molar-refractivity contribution in [2.24, 2.45) is 0 Å². The number of carboxylic acid groups (broad SMARTS) is 1. The van der Waals surface area contributed by atoms with Crippen LogP contribution in [-0.4, -0.2) is 29.6 Å². The minimum atomic E-state index is -1.35. The average molecular weight is 369 g/mol. The van der Waals surface area contributed by atoms with Gasteiger partial charge in [-0.25, -0.2) is 13.6 Å². The second kappa shape index (κ2) is 7.71. The van der Waals surface area contributed by atoms with Crippen molar-refractivity contribution in [3.63, 3.8) is 0 Å². The van der Waals surface area contributed by atoms with Crippen LogP contribution in [0.3, 0.4) is 0 Å². The van der Waals surface area contributed by atoms with Crippen LogP contribution in [0, 0.1) is 11.6 Å². The van der Waals surface area contributed by atoms with E-state index in [4.69, 9.17) is 16.7 Å². The SMILES string of the molecule is O=C(O)CN(C(=O)NC(=O)c1c(F)cccc1F)c1ccc(Cl)cc1. The molecule has 0 aliphatic rings. The van der Waals surface area contributed by atoms with E-state index in [1.54, 1.807) is 5.32 Å².